The molecule has 0 saturated heterocycles. The summed E-state index contributed by atoms with van der Waals surface area (Å²) in [6.07, 6.45) is 1.89. The Hall–Kier alpha value is -0.870. The number of carbonyl (C=O) groups excluding carboxylic acids is 1. The second-order valence-electron chi connectivity index (χ2n) is 5.00. The maximum Gasteiger partial charge on any atom is 0.246 e. The Labute approximate surface area is 124 Å². The van der Waals surface area contributed by atoms with E-state index in [4.69, 9.17) is 5.73 Å². The minimum absolute atomic E-state index is 0.00137. The molecule has 1 amide bonds. The first kappa shape index (κ1) is 16.2. The smallest absolute Gasteiger partial charge is 0.246 e. The minimum Gasteiger partial charge on any atom is -0.341 e. The third kappa shape index (κ3) is 4.05. The predicted molar refractivity (Wildman–Crippen MR) is 82.8 cm³/mol. The van der Waals surface area contributed by atoms with E-state index in [-0.39, 0.29) is 5.91 Å². The van der Waals surface area contributed by atoms with Gasteiger partial charge in [-0.25, -0.2) is 0 Å². The van der Waals surface area contributed by atoms with Gasteiger partial charge >= 0.3 is 0 Å². The van der Waals surface area contributed by atoms with Gasteiger partial charge in [-0.2, -0.15) is 0 Å². The molecule has 0 fully saturated rings. The second kappa shape index (κ2) is 7.06. The third-order valence-corrected chi connectivity index (χ3v) is 3.69. The average molecular weight is 327 g/mol. The van der Waals surface area contributed by atoms with Crippen LogP contribution >= 0.6 is 15.9 Å². The monoisotopic (exact) mass is 326 g/mol. The standard InChI is InChI=1S/C15H23BrN2O/c1-4-10-18(11-5-2)14(19)15(3,17)12-6-8-13(16)9-7-12/h6-9H,4-5,10-11,17H2,1-3H3. The molecular formula is C15H23BrN2O. The third-order valence-electron chi connectivity index (χ3n) is 3.16. The van der Waals surface area contributed by atoms with Crippen LogP contribution in [0.4, 0.5) is 0 Å². The molecule has 0 spiro atoms. The fourth-order valence-electron chi connectivity index (χ4n) is 2.10. The first-order valence-corrected chi connectivity index (χ1v) is 7.57. The van der Waals surface area contributed by atoms with Crippen molar-refractivity contribution in [3.05, 3.63) is 34.3 Å². The highest BCUT2D eigenvalue weighted by Gasteiger charge is 2.33. The first-order valence-electron chi connectivity index (χ1n) is 6.77. The number of benzene rings is 1. The van der Waals surface area contributed by atoms with E-state index < -0.39 is 5.54 Å². The van der Waals surface area contributed by atoms with E-state index in [1.54, 1.807) is 6.92 Å². The number of hydrogen-bond donors (Lipinski definition) is 1. The molecule has 19 heavy (non-hydrogen) atoms. The number of amides is 1. The van der Waals surface area contributed by atoms with Crippen LogP contribution in [-0.2, 0) is 10.3 Å². The minimum atomic E-state index is -0.967. The summed E-state index contributed by atoms with van der Waals surface area (Å²) in [7, 11) is 0. The quantitative estimate of drug-likeness (QED) is 0.872. The predicted octanol–water partition coefficient (Wildman–Crippen LogP) is 3.27. The van der Waals surface area contributed by atoms with Crippen LogP contribution in [0.3, 0.4) is 0 Å². The van der Waals surface area contributed by atoms with Crippen molar-refractivity contribution in [2.75, 3.05) is 13.1 Å². The molecule has 4 heteroatoms. The van der Waals surface area contributed by atoms with Crippen LogP contribution in [0.1, 0.15) is 39.2 Å². The van der Waals surface area contributed by atoms with Crippen molar-refractivity contribution in [2.45, 2.75) is 39.2 Å². The highest BCUT2D eigenvalue weighted by Crippen LogP contribution is 2.23. The molecule has 0 aromatic heterocycles. The number of carbonyl (C=O) groups is 1. The van der Waals surface area contributed by atoms with Crippen molar-refractivity contribution >= 4 is 21.8 Å². The molecule has 1 aromatic rings. The Morgan fingerprint density at radius 2 is 1.68 bits per heavy atom. The van der Waals surface area contributed by atoms with Crippen molar-refractivity contribution in [1.82, 2.24) is 4.90 Å². The molecule has 1 atom stereocenters. The first-order chi connectivity index (χ1) is 8.93. The Balaban J connectivity index is 2.96. The van der Waals surface area contributed by atoms with E-state index in [0.717, 1.165) is 36.0 Å². The number of rotatable bonds is 6. The van der Waals surface area contributed by atoms with Crippen molar-refractivity contribution in [1.29, 1.82) is 0 Å². The normalized spacial score (nSPS) is 13.9. The van der Waals surface area contributed by atoms with Gasteiger partial charge in [-0.3, -0.25) is 4.79 Å². The van der Waals surface area contributed by atoms with E-state index in [9.17, 15) is 4.79 Å². The zero-order valence-electron chi connectivity index (χ0n) is 11.9. The summed E-state index contributed by atoms with van der Waals surface area (Å²) in [5.74, 6) is -0.00137. The van der Waals surface area contributed by atoms with Crippen LogP contribution in [0.25, 0.3) is 0 Å². The van der Waals surface area contributed by atoms with Crippen LogP contribution in [0.15, 0.2) is 28.7 Å². The molecule has 106 valence electrons. The SMILES string of the molecule is CCCN(CCC)C(=O)C(C)(N)c1ccc(Br)cc1. The molecule has 0 aliphatic heterocycles. The molecule has 0 heterocycles. The van der Waals surface area contributed by atoms with Gasteiger partial charge in [-0.1, -0.05) is 41.9 Å². The maximum atomic E-state index is 12.6. The summed E-state index contributed by atoms with van der Waals surface area (Å²) < 4.78 is 0.985. The van der Waals surface area contributed by atoms with Gasteiger partial charge in [0.05, 0.1) is 0 Å². The number of hydrogen-bond acceptors (Lipinski definition) is 2. The fourth-order valence-corrected chi connectivity index (χ4v) is 2.37. The zero-order chi connectivity index (χ0) is 14.5. The Kier molecular flexibility index (Phi) is 6.01. The van der Waals surface area contributed by atoms with Crippen molar-refractivity contribution < 1.29 is 4.79 Å². The van der Waals surface area contributed by atoms with Crippen molar-refractivity contribution in [3.8, 4) is 0 Å². The molecule has 1 unspecified atom stereocenters. The summed E-state index contributed by atoms with van der Waals surface area (Å²) >= 11 is 3.39. The largest absolute Gasteiger partial charge is 0.341 e. The van der Waals surface area contributed by atoms with Crippen LogP contribution < -0.4 is 5.73 Å². The lowest BCUT2D eigenvalue weighted by atomic mass is 9.91. The lowest BCUT2D eigenvalue weighted by Crippen LogP contribution is -2.51. The lowest BCUT2D eigenvalue weighted by Gasteiger charge is -2.32. The highest BCUT2D eigenvalue weighted by atomic mass is 79.9. The van der Waals surface area contributed by atoms with Gasteiger partial charge in [0.2, 0.25) is 5.91 Å². The maximum absolute atomic E-state index is 12.6. The molecular weight excluding hydrogens is 304 g/mol. The van der Waals surface area contributed by atoms with Crippen LogP contribution in [0, 0.1) is 0 Å². The molecule has 1 aromatic carbocycles. The van der Waals surface area contributed by atoms with Gasteiger partial charge in [0.25, 0.3) is 0 Å². The summed E-state index contributed by atoms with van der Waals surface area (Å²) in [6.45, 7) is 7.45. The Morgan fingerprint density at radius 1 is 1.21 bits per heavy atom. The highest BCUT2D eigenvalue weighted by molar-refractivity contribution is 9.10. The van der Waals surface area contributed by atoms with Gasteiger partial charge in [-0.05, 0) is 37.5 Å². The van der Waals surface area contributed by atoms with E-state index in [2.05, 4.69) is 29.8 Å². The molecule has 0 bridgehead atoms. The van der Waals surface area contributed by atoms with Gasteiger partial charge < -0.3 is 10.6 Å². The molecule has 0 aliphatic rings. The van der Waals surface area contributed by atoms with Crippen LogP contribution in [0.2, 0.25) is 0 Å². The van der Waals surface area contributed by atoms with E-state index in [1.807, 2.05) is 29.2 Å². The molecule has 2 N–H and O–H groups in total. The zero-order valence-corrected chi connectivity index (χ0v) is 13.5. The van der Waals surface area contributed by atoms with Gasteiger partial charge in [-0.15, -0.1) is 0 Å². The van der Waals surface area contributed by atoms with Crippen molar-refractivity contribution in [3.63, 3.8) is 0 Å². The molecule has 1 rings (SSSR count). The molecule has 0 saturated carbocycles. The molecule has 0 aliphatic carbocycles. The number of nitrogens with two attached hydrogens (primary N) is 1. The van der Waals surface area contributed by atoms with Crippen LogP contribution in [0.5, 0.6) is 0 Å². The van der Waals surface area contributed by atoms with E-state index in [1.165, 1.54) is 0 Å². The summed E-state index contributed by atoms with van der Waals surface area (Å²) in [5.41, 5.74) is 6.16. The summed E-state index contributed by atoms with van der Waals surface area (Å²) in [5, 5.41) is 0. The van der Waals surface area contributed by atoms with E-state index >= 15 is 0 Å². The molecule has 3 nitrogen and oxygen atoms in total. The van der Waals surface area contributed by atoms with Gasteiger partial charge in [0, 0.05) is 17.6 Å². The number of halogens is 1. The van der Waals surface area contributed by atoms with Gasteiger partial charge in [0.1, 0.15) is 5.54 Å². The molecule has 0 radical (unpaired) electrons. The van der Waals surface area contributed by atoms with Crippen molar-refractivity contribution in [2.24, 2.45) is 5.73 Å². The topological polar surface area (TPSA) is 46.3 Å². The van der Waals surface area contributed by atoms with Crippen LogP contribution in [-0.4, -0.2) is 23.9 Å². The number of nitrogens with zero attached hydrogens (tertiary/aromatic N) is 1. The summed E-state index contributed by atoms with van der Waals surface area (Å²) in [4.78, 5) is 14.5. The Morgan fingerprint density at radius 3 is 2.11 bits per heavy atom. The fraction of sp³-hybridized carbons (Fsp3) is 0.533. The van der Waals surface area contributed by atoms with Gasteiger partial charge in [0.15, 0.2) is 0 Å². The average Bonchev–Trinajstić information content (AvgIpc) is 2.38. The Bertz CT molecular complexity index is 409. The lowest BCUT2D eigenvalue weighted by molar-refractivity contribution is -0.136. The second-order valence-corrected chi connectivity index (χ2v) is 5.92. The summed E-state index contributed by atoms with van der Waals surface area (Å²) in [6, 6.07) is 7.63. The van der Waals surface area contributed by atoms with E-state index in [0.29, 0.717) is 0 Å².